The molecule has 0 aliphatic carbocycles. The van der Waals surface area contributed by atoms with Crippen molar-refractivity contribution < 1.29 is 159 Å². The lowest BCUT2D eigenvalue weighted by molar-refractivity contribution is -0.238. The minimum absolute atomic E-state index is 0.0176. The molecule has 6 fully saturated rings. The summed E-state index contributed by atoms with van der Waals surface area (Å²) in [5.74, 6) is -2.47. The molecule has 0 unspecified atom stereocenters. The number of carbonyl (C=O) groups is 5. The molecule has 3 aromatic rings. The number of carboxylic acid groups (broad SMARTS) is 1. The van der Waals surface area contributed by atoms with Crippen LogP contribution in [0.15, 0.2) is 18.6 Å². The molecular formula is C71H117N13O33. The van der Waals surface area contributed by atoms with E-state index in [1.807, 2.05) is 0 Å². The fourth-order valence-electron chi connectivity index (χ4n) is 13.3. The predicted octanol–water partition coefficient (Wildman–Crippen LogP) is -6.44. The van der Waals surface area contributed by atoms with Gasteiger partial charge in [-0.25, -0.2) is 14.0 Å². The third-order valence-corrected chi connectivity index (χ3v) is 19.3. The zero-order valence-corrected chi connectivity index (χ0v) is 66.4. The average molecular weight is 1680 g/mol. The largest absolute Gasteiger partial charge is 0.481 e. The lowest BCUT2D eigenvalue weighted by Crippen LogP contribution is -2.66. The first-order valence-electron chi connectivity index (χ1n) is 39.2. The maximum Gasteiger partial charge on any atom is 0.303 e. The van der Waals surface area contributed by atoms with E-state index in [0.29, 0.717) is 115 Å². The van der Waals surface area contributed by atoms with Crippen molar-refractivity contribution in [3.63, 3.8) is 0 Å². The highest BCUT2D eigenvalue weighted by atomic mass is 16.8. The van der Waals surface area contributed by atoms with E-state index in [2.05, 4.69) is 52.2 Å². The number of aromatic nitrogens is 9. The lowest BCUT2D eigenvalue weighted by atomic mass is 9.88. The third-order valence-electron chi connectivity index (χ3n) is 19.3. The summed E-state index contributed by atoms with van der Waals surface area (Å²) in [4.78, 5) is 59.9. The van der Waals surface area contributed by atoms with Gasteiger partial charge in [0.25, 0.3) is 0 Å². The van der Waals surface area contributed by atoms with Crippen molar-refractivity contribution in [2.45, 2.75) is 188 Å². The number of ether oxygens (including phenoxy) is 21. The highest BCUT2D eigenvalue weighted by Gasteiger charge is 2.62. The first kappa shape index (κ1) is 94.5. The Kier molecular flexibility index (Phi) is 40.1. The number of aliphatic hydroxyl groups excluding tert-OH is 6. The van der Waals surface area contributed by atoms with Crippen molar-refractivity contribution in [1.82, 2.24) is 66.2 Å². The maximum atomic E-state index is 13.9. The number of unbranched alkanes of at least 4 members (excludes halogenated alkanes) is 2. The second kappa shape index (κ2) is 49.6. The molecule has 0 aromatic carbocycles. The summed E-state index contributed by atoms with van der Waals surface area (Å²) in [7, 11) is 0. The Morgan fingerprint density at radius 3 is 0.957 bits per heavy atom. The van der Waals surface area contributed by atoms with Crippen LogP contribution in [0.5, 0.6) is 0 Å². The minimum Gasteiger partial charge on any atom is -0.481 e. The summed E-state index contributed by atoms with van der Waals surface area (Å²) < 4.78 is 126. The van der Waals surface area contributed by atoms with Gasteiger partial charge in [0.15, 0.2) is 18.9 Å². The number of carbonyl (C=O) groups excluding carboxylic acids is 4. The molecule has 0 spiro atoms. The van der Waals surface area contributed by atoms with E-state index in [-0.39, 0.29) is 177 Å². The number of rotatable bonds is 64. The molecular weight excluding hydrogens is 1560 g/mol. The van der Waals surface area contributed by atoms with Crippen LogP contribution in [0.4, 0.5) is 0 Å². The maximum absolute atomic E-state index is 13.9. The summed E-state index contributed by atoms with van der Waals surface area (Å²) in [5, 5.41) is 110. The van der Waals surface area contributed by atoms with Crippen LogP contribution in [-0.2, 0) is 163 Å². The topological polar surface area (TPSA) is 561 Å². The number of fused-ring (bicyclic) bond motifs is 6. The Hall–Kier alpha value is -6.31. The molecule has 46 nitrogen and oxygen atoms in total. The van der Waals surface area contributed by atoms with Crippen molar-refractivity contribution in [3.05, 3.63) is 35.7 Å². The highest BCUT2D eigenvalue weighted by molar-refractivity contribution is 5.77. The third kappa shape index (κ3) is 30.4. The molecule has 6 bridgehead atoms. The van der Waals surface area contributed by atoms with Gasteiger partial charge in [0, 0.05) is 33.6 Å². The monoisotopic (exact) mass is 1680 g/mol. The molecule has 117 heavy (non-hydrogen) atoms. The molecule has 0 saturated carbocycles. The molecule has 9 rings (SSSR count). The van der Waals surface area contributed by atoms with E-state index >= 15 is 0 Å². The van der Waals surface area contributed by atoms with Crippen molar-refractivity contribution in [3.8, 4) is 0 Å². The summed E-state index contributed by atoms with van der Waals surface area (Å²) in [5.41, 5.74) is -3.72. The number of aliphatic carboxylic acids is 1. The van der Waals surface area contributed by atoms with Crippen molar-refractivity contribution in [2.24, 2.45) is 0 Å². The summed E-state index contributed by atoms with van der Waals surface area (Å²) in [6, 6.07) is -2.73. The molecule has 15 atom stereocenters. The molecule has 6 aliphatic rings. The molecule has 9 heterocycles. The number of aliphatic hydroxyl groups is 6. The second-order valence-corrected chi connectivity index (χ2v) is 28.9. The molecule has 664 valence electrons. The number of nitrogens with one attached hydrogen (secondary N) is 4. The van der Waals surface area contributed by atoms with Gasteiger partial charge in [0.05, 0.1) is 256 Å². The van der Waals surface area contributed by atoms with Crippen LogP contribution in [-0.4, -0.2) is 404 Å². The van der Waals surface area contributed by atoms with Gasteiger partial charge in [-0.05, 0) is 12.8 Å². The Labute approximate surface area is 675 Å². The van der Waals surface area contributed by atoms with E-state index in [1.54, 1.807) is 32.6 Å². The number of hydrogen-bond acceptors (Lipinski definition) is 38. The highest BCUT2D eigenvalue weighted by Crippen LogP contribution is 2.40. The zero-order valence-electron chi connectivity index (χ0n) is 66.4. The van der Waals surface area contributed by atoms with E-state index in [0.717, 1.165) is 0 Å². The van der Waals surface area contributed by atoms with Crippen molar-refractivity contribution in [2.75, 3.05) is 198 Å². The van der Waals surface area contributed by atoms with Crippen molar-refractivity contribution in [1.29, 1.82) is 0 Å². The van der Waals surface area contributed by atoms with Gasteiger partial charge in [0.1, 0.15) is 94.2 Å². The van der Waals surface area contributed by atoms with Gasteiger partial charge < -0.3 is 156 Å². The van der Waals surface area contributed by atoms with Gasteiger partial charge in [-0.2, -0.15) is 0 Å². The molecule has 0 radical (unpaired) electrons. The predicted molar refractivity (Wildman–Crippen MR) is 390 cm³/mol. The first-order chi connectivity index (χ1) is 56.6. The molecule has 6 aliphatic heterocycles. The summed E-state index contributed by atoms with van der Waals surface area (Å²) >= 11 is 0. The summed E-state index contributed by atoms with van der Waals surface area (Å²) in [6.07, 6.45) is -4.23. The molecule has 3 aromatic heterocycles. The van der Waals surface area contributed by atoms with Crippen LogP contribution in [0.25, 0.3) is 0 Å². The molecule has 11 N–H and O–H groups in total. The number of amides is 4. The van der Waals surface area contributed by atoms with Gasteiger partial charge >= 0.3 is 5.97 Å². The smallest absolute Gasteiger partial charge is 0.303 e. The first-order valence-corrected chi connectivity index (χ1v) is 39.2. The standard InChI is InChI=1S/C71H117N13O33/c1-48(85)72-56-59(91)62(94)69(45-112-65(56)115-69)42-106-30-27-103-24-21-100-18-15-97-12-9-82-33-51(76-79-82)36-109-39-68(75-54(88)7-5-4-6-8-55(89)90,40-110-37-52-34-83(80-77-52)10-13-98-16-19-101-22-25-104-28-31-107-43-70-46-113-66(116-70)57(73-49(2)86)60(92)63(70)95)41-111-38-53-35-84(81-78-53)11-14-99-17-20-102-23-26-105-29-32-108-44-71-47-114-67(117-71)58(74-50(3)87)61(93)64(71)96/h33-35,56-67,91-96H,4-32,36-47H2,1-3H3,(H,72,85)(H,73,86)(H,74,87)(H,75,88)(H,89,90)/t56-,57-,58-,59-,60-,61-,62-,63-,64-,65+,66+,67+,69-,70-,71-/m1/s1. The van der Waals surface area contributed by atoms with Crippen LogP contribution >= 0.6 is 0 Å². The second-order valence-electron chi connectivity index (χ2n) is 28.9. The van der Waals surface area contributed by atoms with E-state index in [9.17, 15) is 59.7 Å². The molecule has 4 amide bonds. The van der Waals surface area contributed by atoms with Gasteiger partial charge in [0.2, 0.25) is 23.6 Å². The van der Waals surface area contributed by atoms with Crippen LogP contribution in [0.3, 0.4) is 0 Å². The Balaban J connectivity index is 0.674. The zero-order chi connectivity index (χ0) is 83.3. The number of hydrogen-bond donors (Lipinski definition) is 11. The molecule has 6 saturated heterocycles. The minimum atomic E-state index is -1.35. The summed E-state index contributed by atoms with van der Waals surface area (Å²) in [6.45, 7) is 9.84. The number of nitrogens with zero attached hydrogens (tertiary/aromatic N) is 9. The van der Waals surface area contributed by atoms with Crippen LogP contribution < -0.4 is 21.3 Å². The SMILES string of the molecule is CC(=O)N[C@H]1[C@H]2OC[C@@](COCCOCCOCCOCCn3cc(COCC(COCc4cn(CCOCCOCCOCCOC[C@]56CO[C@@H](O5)[C@H](NC(C)=O)[C@@H](O)[C@H]6O)nn4)(COCc4cn(CCOCCOCCOCCOC[C@]56CO[C@@H](O5)[C@H](NC(C)=O)[C@@H](O)[C@H]6O)nn4)NC(=O)CCCCCC(=O)O)nn3)(O2)[C@H](O)[C@@H]1O. The quantitative estimate of drug-likeness (QED) is 0.0234. The van der Waals surface area contributed by atoms with Gasteiger partial charge in [-0.1, -0.05) is 22.1 Å². The number of carboxylic acids is 1. The van der Waals surface area contributed by atoms with Gasteiger partial charge in [-0.15, -0.1) is 15.3 Å². The van der Waals surface area contributed by atoms with Crippen LogP contribution in [0, 0.1) is 0 Å². The Morgan fingerprint density at radius 1 is 0.402 bits per heavy atom. The Morgan fingerprint density at radius 2 is 0.675 bits per heavy atom. The van der Waals surface area contributed by atoms with Gasteiger partial charge in [-0.3, -0.25) is 24.0 Å². The van der Waals surface area contributed by atoms with E-state index in [1.165, 1.54) is 20.8 Å². The molecule has 46 heteroatoms. The average Bonchev–Trinajstić information content (AvgIpc) is 1.63. The normalized spacial score (nSPS) is 26.6. The van der Waals surface area contributed by atoms with Crippen molar-refractivity contribution >= 4 is 29.6 Å². The van der Waals surface area contributed by atoms with Crippen LogP contribution in [0.1, 0.15) is 70.0 Å². The lowest BCUT2D eigenvalue weighted by Gasteiger charge is -2.42. The fraction of sp³-hybridized carbons (Fsp3) is 0.845. The van der Waals surface area contributed by atoms with E-state index in [4.69, 9.17) is 99.5 Å². The van der Waals surface area contributed by atoms with E-state index < -0.39 is 120 Å². The van der Waals surface area contributed by atoms with Crippen LogP contribution in [0.2, 0.25) is 0 Å². The fourth-order valence-corrected chi connectivity index (χ4v) is 13.3. The Bertz CT molecular complexity index is 3080.